The summed E-state index contributed by atoms with van der Waals surface area (Å²) in [5.74, 6) is -0.777. The molecule has 0 aliphatic heterocycles. The van der Waals surface area contributed by atoms with Gasteiger partial charge in [0.1, 0.15) is 16.7 Å². The zero-order valence-electron chi connectivity index (χ0n) is 11.8. The minimum Gasteiger partial charge on any atom is -0.504 e. The average Bonchev–Trinajstić information content (AvgIpc) is 2.49. The van der Waals surface area contributed by atoms with Gasteiger partial charge in [-0.25, -0.2) is 0 Å². The van der Waals surface area contributed by atoms with Crippen LogP contribution < -0.4 is 10.2 Å². The van der Waals surface area contributed by atoms with Crippen LogP contribution in [0.25, 0.3) is 22.3 Å². The van der Waals surface area contributed by atoms with E-state index in [1.807, 2.05) is 0 Å². The van der Waals surface area contributed by atoms with E-state index in [1.54, 1.807) is 18.2 Å². The molecule has 0 amide bonds. The summed E-state index contributed by atoms with van der Waals surface area (Å²) in [5.41, 5.74) is 0.0747. The molecule has 0 radical (unpaired) electrons. The van der Waals surface area contributed by atoms with Crippen molar-refractivity contribution < 1.29 is 19.4 Å². The van der Waals surface area contributed by atoms with E-state index in [0.29, 0.717) is 15.6 Å². The SMILES string of the molecule is COc1c(O)cc2oc(-c3ccc(Cl)c(Cl)c3)cc(=O)c2c1O. The molecule has 0 aliphatic rings. The molecular weight excluding hydrogens is 343 g/mol. The highest BCUT2D eigenvalue weighted by molar-refractivity contribution is 6.42. The van der Waals surface area contributed by atoms with Crippen LogP contribution in [0.4, 0.5) is 0 Å². The van der Waals surface area contributed by atoms with Crippen molar-refractivity contribution in [1.29, 1.82) is 0 Å². The van der Waals surface area contributed by atoms with Crippen LogP contribution in [-0.4, -0.2) is 17.3 Å². The van der Waals surface area contributed by atoms with Gasteiger partial charge in [-0.05, 0) is 18.2 Å². The third-order valence-corrected chi connectivity index (χ3v) is 4.07. The average molecular weight is 353 g/mol. The fourth-order valence-electron chi connectivity index (χ4n) is 2.26. The molecule has 5 nitrogen and oxygen atoms in total. The van der Waals surface area contributed by atoms with E-state index in [2.05, 4.69) is 0 Å². The van der Waals surface area contributed by atoms with Crippen molar-refractivity contribution in [2.45, 2.75) is 0 Å². The summed E-state index contributed by atoms with van der Waals surface area (Å²) < 4.78 is 10.5. The molecule has 0 bridgehead atoms. The van der Waals surface area contributed by atoms with Crippen LogP contribution in [0.15, 0.2) is 39.5 Å². The molecule has 2 aromatic carbocycles. The lowest BCUT2D eigenvalue weighted by molar-refractivity contribution is 0.346. The first-order valence-electron chi connectivity index (χ1n) is 6.44. The molecule has 0 saturated carbocycles. The van der Waals surface area contributed by atoms with Gasteiger partial charge >= 0.3 is 0 Å². The molecule has 0 aliphatic carbocycles. The van der Waals surface area contributed by atoms with Crippen molar-refractivity contribution >= 4 is 34.2 Å². The number of hydrogen-bond donors (Lipinski definition) is 2. The van der Waals surface area contributed by atoms with Gasteiger partial charge in [0.2, 0.25) is 5.75 Å². The second kappa shape index (κ2) is 5.68. The van der Waals surface area contributed by atoms with Crippen molar-refractivity contribution in [2.24, 2.45) is 0 Å². The maximum Gasteiger partial charge on any atom is 0.203 e. The molecule has 118 valence electrons. The Balaban J connectivity index is 2.30. The smallest absolute Gasteiger partial charge is 0.203 e. The van der Waals surface area contributed by atoms with Crippen molar-refractivity contribution in [3.63, 3.8) is 0 Å². The van der Waals surface area contributed by atoms with Gasteiger partial charge in [-0.1, -0.05) is 23.2 Å². The number of halogens is 2. The first-order valence-corrected chi connectivity index (χ1v) is 7.20. The molecule has 0 unspecified atom stereocenters. The van der Waals surface area contributed by atoms with Gasteiger partial charge < -0.3 is 19.4 Å². The lowest BCUT2D eigenvalue weighted by Gasteiger charge is -2.09. The summed E-state index contributed by atoms with van der Waals surface area (Å²) in [6.45, 7) is 0. The predicted molar refractivity (Wildman–Crippen MR) is 87.8 cm³/mol. The molecule has 0 fully saturated rings. The number of benzene rings is 2. The first-order chi connectivity index (χ1) is 10.9. The molecular formula is C16H10Cl2O5. The van der Waals surface area contributed by atoms with Gasteiger partial charge in [-0.15, -0.1) is 0 Å². The molecule has 3 aromatic rings. The number of fused-ring (bicyclic) bond motifs is 1. The Bertz CT molecular complexity index is 978. The summed E-state index contributed by atoms with van der Waals surface area (Å²) in [6.07, 6.45) is 0. The van der Waals surface area contributed by atoms with E-state index in [0.717, 1.165) is 0 Å². The minimum absolute atomic E-state index is 0.0226. The summed E-state index contributed by atoms with van der Waals surface area (Å²) >= 11 is 11.8. The Morgan fingerprint density at radius 1 is 1.09 bits per heavy atom. The predicted octanol–water partition coefficient (Wildman–Crippen LogP) is 4.19. The Labute approximate surface area is 140 Å². The number of phenols is 2. The molecule has 1 heterocycles. The van der Waals surface area contributed by atoms with Gasteiger partial charge in [-0.3, -0.25) is 4.79 Å². The zero-order valence-corrected chi connectivity index (χ0v) is 13.3. The summed E-state index contributed by atoms with van der Waals surface area (Å²) in [6, 6.07) is 7.19. The summed E-state index contributed by atoms with van der Waals surface area (Å²) in [7, 11) is 1.27. The number of rotatable bonds is 2. The summed E-state index contributed by atoms with van der Waals surface area (Å²) in [5, 5.41) is 20.5. The molecule has 0 spiro atoms. The molecule has 23 heavy (non-hydrogen) atoms. The largest absolute Gasteiger partial charge is 0.504 e. The third-order valence-electron chi connectivity index (χ3n) is 3.34. The second-order valence-corrected chi connectivity index (χ2v) is 5.57. The van der Waals surface area contributed by atoms with Crippen molar-refractivity contribution in [2.75, 3.05) is 7.11 Å². The van der Waals surface area contributed by atoms with Crippen molar-refractivity contribution in [3.8, 4) is 28.6 Å². The molecule has 7 heteroatoms. The van der Waals surface area contributed by atoms with Crippen molar-refractivity contribution in [1.82, 2.24) is 0 Å². The number of methoxy groups -OCH3 is 1. The lowest BCUT2D eigenvalue weighted by Crippen LogP contribution is -2.02. The Morgan fingerprint density at radius 2 is 1.83 bits per heavy atom. The van der Waals surface area contributed by atoms with Gasteiger partial charge in [0.15, 0.2) is 16.9 Å². The van der Waals surface area contributed by atoms with Crippen LogP contribution in [0, 0.1) is 0 Å². The normalized spacial score (nSPS) is 10.9. The van der Waals surface area contributed by atoms with Gasteiger partial charge in [-0.2, -0.15) is 0 Å². The van der Waals surface area contributed by atoms with Crippen LogP contribution in [0.2, 0.25) is 10.0 Å². The maximum atomic E-state index is 12.3. The van der Waals surface area contributed by atoms with Crippen LogP contribution in [-0.2, 0) is 0 Å². The molecule has 1 aromatic heterocycles. The van der Waals surface area contributed by atoms with E-state index in [4.69, 9.17) is 32.4 Å². The molecule has 0 saturated heterocycles. The van der Waals surface area contributed by atoms with Gasteiger partial charge in [0.05, 0.1) is 17.2 Å². The van der Waals surface area contributed by atoms with Crippen LogP contribution in [0.1, 0.15) is 0 Å². The number of aromatic hydroxyl groups is 2. The Morgan fingerprint density at radius 3 is 2.48 bits per heavy atom. The van der Waals surface area contributed by atoms with Gasteiger partial charge in [0.25, 0.3) is 0 Å². The van der Waals surface area contributed by atoms with E-state index in [1.165, 1.54) is 19.2 Å². The number of hydrogen-bond acceptors (Lipinski definition) is 5. The van der Waals surface area contributed by atoms with Crippen molar-refractivity contribution in [3.05, 3.63) is 50.6 Å². The molecule has 0 atom stereocenters. The zero-order chi connectivity index (χ0) is 16.7. The highest BCUT2D eigenvalue weighted by Gasteiger charge is 2.18. The highest BCUT2D eigenvalue weighted by Crippen LogP contribution is 2.41. The van der Waals surface area contributed by atoms with E-state index in [9.17, 15) is 15.0 Å². The number of ether oxygens (including phenoxy) is 1. The van der Waals surface area contributed by atoms with E-state index in [-0.39, 0.29) is 28.2 Å². The van der Waals surface area contributed by atoms with Crippen LogP contribution in [0.3, 0.4) is 0 Å². The second-order valence-electron chi connectivity index (χ2n) is 4.75. The number of phenolic OH excluding ortho intramolecular Hbond substituents is 2. The Hall–Kier alpha value is -2.37. The first kappa shape index (κ1) is 15.5. The fourth-order valence-corrected chi connectivity index (χ4v) is 2.56. The summed E-state index contributed by atoms with van der Waals surface area (Å²) in [4.78, 5) is 12.3. The monoisotopic (exact) mass is 352 g/mol. The van der Waals surface area contributed by atoms with E-state index < -0.39 is 11.2 Å². The van der Waals surface area contributed by atoms with Gasteiger partial charge in [0, 0.05) is 17.7 Å². The maximum absolute atomic E-state index is 12.3. The van der Waals surface area contributed by atoms with Crippen LogP contribution in [0.5, 0.6) is 17.2 Å². The lowest BCUT2D eigenvalue weighted by atomic mass is 10.1. The van der Waals surface area contributed by atoms with E-state index >= 15 is 0 Å². The molecule has 3 rings (SSSR count). The third kappa shape index (κ3) is 2.58. The molecule has 2 N–H and O–H groups in total. The Kier molecular flexibility index (Phi) is 3.83. The minimum atomic E-state index is -0.483. The highest BCUT2D eigenvalue weighted by atomic mass is 35.5. The van der Waals surface area contributed by atoms with Crippen LogP contribution >= 0.6 is 23.2 Å². The fraction of sp³-hybridized carbons (Fsp3) is 0.0625. The standard InChI is InChI=1S/C16H10Cl2O5/c1-22-16-11(20)6-13-14(15(16)21)10(19)5-12(23-13)7-2-3-8(17)9(18)4-7/h2-6,20-21H,1H3. The quantitative estimate of drug-likeness (QED) is 0.722. The topological polar surface area (TPSA) is 79.9 Å².